The number of nitrogens with two attached hydrogens (primary N) is 1. The summed E-state index contributed by atoms with van der Waals surface area (Å²) in [5.41, 5.74) is 10.9. The second-order valence-electron chi connectivity index (χ2n) is 7.12. The third-order valence-corrected chi connectivity index (χ3v) is 4.32. The molecule has 0 aliphatic heterocycles. The maximum atomic E-state index is 5.85. The summed E-state index contributed by atoms with van der Waals surface area (Å²) in [6.45, 7) is 3.94. The van der Waals surface area contributed by atoms with E-state index in [1.807, 2.05) is 12.1 Å². The number of nitrogens with one attached hydrogen (secondary N) is 1. The molecule has 3 aromatic rings. The fraction of sp³-hybridized carbons (Fsp3) is 0.381. The van der Waals surface area contributed by atoms with Gasteiger partial charge in [-0.1, -0.05) is 37.6 Å². The number of aromatic nitrogens is 3. The van der Waals surface area contributed by atoms with E-state index >= 15 is 0 Å². The lowest BCUT2D eigenvalue weighted by Crippen LogP contribution is -2.10. The van der Waals surface area contributed by atoms with Crippen LogP contribution in [-0.2, 0) is 13.0 Å². The number of hydrogen-bond donors (Lipinski definition) is 2. The van der Waals surface area contributed by atoms with Gasteiger partial charge in [-0.3, -0.25) is 0 Å². The van der Waals surface area contributed by atoms with E-state index in [4.69, 9.17) is 10.7 Å². The van der Waals surface area contributed by atoms with Crippen molar-refractivity contribution in [1.82, 2.24) is 19.9 Å². The highest BCUT2D eigenvalue weighted by Crippen LogP contribution is 2.21. The largest absolute Gasteiger partial charge is 0.368 e. The lowest BCUT2D eigenvalue weighted by molar-refractivity contribution is 0.402. The zero-order valence-corrected chi connectivity index (χ0v) is 16.4. The van der Waals surface area contributed by atoms with Crippen LogP contribution in [0.2, 0.25) is 0 Å². The van der Waals surface area contributed by atoms with Gasteiger partial charge < -0.3 is 16.0 Å². The Hall–Kier alpha value is -2.73. The molecular weight excluding hydrogens is 336 g/mol. The molecule has 0 unspecified atom stereocenters. The van der Waals surface area contributed by atoms with Gasteiger partial charge in [0.2, 0.25) is 5.95 Å². The van der Waals surface area contributed by atoms with E-state index < -0.39 is 0 Å². The van der Waals surface area contributed by atoms with Crippen molar-refractivity contribution in [1.29, 1.82) is 0 Å². The minimum atomic E-state index is 0.271. The zero-order valence-electron chi connectivity index (χ0n) is 16.4. The van der Waals surface area contributed by atoms with Crippen molar-refractivity contribution in [3.8, 4) is 0 Å². The van der Waals surface area contributed by atoms with Crippen LogP contribution in [0.25, 0.3) is 11.0 Å². The highest BCUT2D eigenvalue weighted by Gasteiger charge is 2.09. The molecule has 0 amide bonds. The van der Waals surface area contributed by atoms with Crippen molar-refractivity contribution >= 4 is 22.8 Å². The molecule has 0 saturated heterocycles. The van der Waals surface area contributed by atoms with Crippen LogP contribution in [0.15, 0.2) is 36.4 Å². The average molecular weight is 364 g/mol. The molecular formula is C21H28N6. The monoisotopic (exact) mass is 364 g/mol. The van der Waals surface area contributed by atoms with Gasteiger partial charge in [0.05, 0.1) is 5.52 Å². The van der Waals surface area contributed by atoms with Gasteiger partial charge >= 0.3 is 0 Å². The number of unbranched alkanes of at least 4 members (excludes halogenated alkanes) is 1. The fourth-order valence-electron chi connectivity index (χ4n) is 3.09. The summed E-state index contributed by atoms with van der Waals surface area (Å²) in [6, 6.07) is 12.6. The quantitative estimate of drug-likeness (QED) is 0.596. The van der Waals surface area contributed by atoms with Gasteiger partial charge in [-0.2, -0.15) is 4.98 Å². The van der Waals surface area contributed by atoms with Gasteiger partial charge in [-0.25, -0.2) is 9.97 Å². The van der Waals surface area contributed by atoms with Crippen LogP contribution in [-0.4, -0.2) is 40.5 Å². The first-order valence-electron chi connectivity index (χ1n) is 9.44. The number of fused-ring (bicyclic) bond motifs is 1. The Morgan fingerprint density at radius 1 is 1.04 bits per heavy atom. The standard InChI is InChI=1S/C21H28N6/c1-4-5-11-23-20-19-18(25-21(22)26-20)10-9-17(24-19)13-15-7-6-8-16(12-15)14-27(2)3/h6-10,12H,4-5,11,13-14H2,1-3H3,(H3,22,23,25,26). The highest BCUT2D eigenvalue weighted by molar-refractivity contribution is 5.86. The first-order chi connectivity index (χ1) is 13.0. The second kappa shape index (κ2) is 8.77. The SMILES string of the molecule is CCCCNc1nc(N)nc2ccc(Cc3cccc(CN(C)C)c3)nc12. The number of anilines is 2. The van der Waals surface area contributed by atoms with E-state index in [2.05, 4.69) is 65.5 Å². The summed E-state index contributed by atoms with van der Waals surface area (Å²) in [5.74, 6) is 0.988. The number of pyridine rings is 1. The molecule has 2 aromatic heterocycles. The Morgan fingerprint density at radius 2 is 1.85 bits per heavy atom. The van der Waals surface area contributed by atoms with Crippen molar-refractivity contribution in [2.45, 2.75) is 32.7 Å². The van der Waals surface area contributed by atoms with Gasteiger partial charge in [0.15, 0.2) is 5.82 Å². The number of rotatable bonds is 8. The second-order valence-corrected chi connectivity index (χ2v) is 7.12. The smallest absolute Gasteiger partial charge is 0.222 e. The van der Waals surface area contributed by atoms with E-state index in [1.54, 1.807) is 0 Å². The van der Waals surface area contributed by atoms with Crippen LogP contribution in [0.1, 0.15) is 36.6 Å². The Kier molecular flexibility index (Phi) is 6.19. The molecule has 27 heavy (non-hydrogen) atoms. The molecule has 0 saturated carbocycles. The Labute approximate surface area is 160 Å². The van der Waals surface area contributed by atoms with E-state index in [0.29, 0.717) is 5.82 Å². The maximum Gasteiger partial charge on any atom is 0.222 e. The van der Waals surface area contributed by atoms with Crippen molar-refractivity contribution in [3.63, 3.8) is 0 Å². The molecule has 3 N–H and O–H groups in total. The summed E-state index contributed by atoms with van der Waals surface area (Å²) in [6.07, 6.45) is 2.97. The predicted octanol–water partition coefficient (Wildman–Crippen LogP) is 3.47. The number of hydrogen-bond acceptors (Lipinski definition) is 6. The Bertz CT molecular complexity index is 906. The zero-order chi connectivity index (χ0) is 19.2. The molecule has 0 radical (unpaired) electrons. The summed E-state index contributed by atoms with van der Waals surface area (Å²) in [7, 11) is 4.16. The third kappa shape index (κ3) is 5.14. The molecule has 1 aromatic carbocycles. The van der Waals surface area contributed by atoms with E-state index in [0.717, 1.165) is 49.1 Å². The van der Waals surface area contributed by atoms with Crippen molar-refractivity contribution in [2.24, 2.45) is 0 Å². The lowest BCUT2D eigenvalue weighted by atomic mass is 10.1. The molecule has 3 rings (SSSR count). The molecule has 6 heteroatoms. The van der Waals surface area contributed by atoms with Gasteiger partial charge in [0.25, 0.3) is 0 Å². The van der Waals surface area contributed by atoms with Crippen LogP contribution in [0, 0.1) is 0 Å². The first kappa shape index (κ1) is 19.0. The summed E-state index contributed by atoms with van der Waals surface area (Å²) < 4.78 is 0. The molecule has 0 aliphatic carbocycles. The van der Waals surface area contributed by atoms with Gasteiger partial charge in [0.1, 0.15) is 5.52 Å². The summed E-state index contributed by atoms with van der Waals surface area (Å²) in [4.78, 5) is 15.7. The topological polar surface area (TPSA) is 80.0 Å². The molecule has 6 nitrogen and oxygen atoms in total. The van der Waals surface area contributed by atoms with Gasteiger partial charge in [-0.05, 0) is 43.8 Å². The van der Waals surface area contributed by atoms with Crippen LogP contribution < -0.4 is 11.1 Å². The minimum Gasteiger partial charge on any atom is -0.368 e. The highest BCUT2D eigenvalue weighted by atomic mass is 15.1. The van der Waals surface area contributed by atoms with E-state index in [1.165, 1.54) is 11.1 Å². The van der Waals surface area contributed by atoms with E-state index in [-0.39, 0.29) is 5.95 Å². The third-order valence-electron chi connectivity index (χ3n) is 4.32. The molecule has 0 spiro atoms. The van der Waals surface area contributed by atoms with Crippen molar-refractivity contribution < 1.29 is 0 Å². The number of nitrogens with zero attached hydrogens (tertiary/aromatic N) is 4. The van der Waals surface area contributed by atoms with Gasteiger partial charge in [0, 0.05) is 25.2 Å². The molecule has 2 heterocycles. The summed E-state index contributed by atoms with van der Waals surface area (Å²) >= 11 is 0. The molecule has 0 bridgehead atoms. The van der Waals surface area contributed by atoms with Gasteiger partial charge in [-0.15, -0.1) is 0 Å². The number of benzene rings is 1. The van der Waals surface area contributed by atoms with Crippen molar-refractivity contribution in [3.05, 3.63) is 53.2 Å². The van der Waals surface area contributed by atoms with Crippen molar-refractivity contribution in [2.75, 3.05) is 31.7 Å². The molecule has 0 fully saturated rings. The molecule has 0 atom stereocenters. The first-order valence-corrected chi connectivity index (χ1v) is 9.44. The summed E-state index contributed by atoms with van der Waals surface area (Å²) in [5, 5.41) is 3.35. The van der Waals surface area contributed by atoms with Crippen LogP contribution >= 0.6 is 0 Å². The molecule has 0 aliphatic rings. The van der Waals surface area contributed by atoms with Crippen LogP contribution in [0.5, 0.6) is 0 Å². The average Bonchev–Trinajstić information content (AvgIpc) is 2.62. The van der Waals surface area contributed by atoms with Crippen LogP contribution in [0.3, 0.4) is 0 Å². The Balaban J connectivity index is 1.87. The predicted molar refractivity (Wildman–Crippen MR) is 112 cm³/mol. The van der Waals surface area contributed by atoms with E-state index in [9.17, 15) is 0 Å². The molecule has 142 valence electrons. The normalized spacial score (nSPS) is 11.3. The number of nitrogen functional groups attached to an aromatic ring is 1. The lowest BCUT2D eigenvalue weighted by Gasteiger charge is -2.12. The Morgan fingerprint density at radius 3 is 2.63 bits per heavy atom. The fourth-order valence-corrected chi connectivity index (χ4v) is 3.09. The van der Waals surface area contributed by atoms with Crippen LogP contribution in [0.4, 0.5) is 11.8 Å². The maximum absolute atomic E-state index is 5.85. The minimum absolute atomic E-state index is 0.271.